The van der Waals surface area contributed by atoms with Crippen molar-refractivity contribution in [1.82, 2.24) is 10.7 Å². The fraction of sp³-hybridized carbons (Fsp3) is 0.100. The van der Waals surface area contributed by atoms with Crippen LogP contribution >= 0.6 is 12.2 Å². The van der Waals surface area contributed by atoms with E-state index in [4.69, 9.17) is 21.7 Å². The summed E-state index contributed by atoms with van der Waals surface area (Å²) in [5, 5.41) is 10.2. The minimum absolute atomic E-state index is 0.273. The van der Waals surface area contributed by atoms with E-state index >= 15 is 0 Å². The number of nitrogens with zero attached hydrogens (tertiary/aromatic N) is 1. The van der Waals surface area contributed by atoms with Crippen LogP contribution in [0.5, 0.6) is 11.5 Å². The van der Waals surface area contributed by atoms with Gasteiger partial charge in [-0.05, 0) is 52.3 Å². The number of hydrogen-bond donors (Lipinski definition) is 2. The fourth-order valence-electron chi connectivity index (χ4n) is 2.73. The highest BCUT2D eigenvalue weighted by molar-refractivity contribution is 7.80. The normalized spacial score (nSPS) is 12.5. The van der Waals surface area contributed by atoms with Crippen LogP contribution in [0.25, 0.3) is 10.8 Å². The summed E-state index contributed by atoms with van der Waals surface area (Å²) in [6.45, 7) is 0.851. The van der Waals surface area contributed by atoms with Gasteiger partial charge in [-0.25, -0.2) is 0 Å². The first kappa shape index (κ1) is 16.4. The standard InChI is InChI=1S/C20H17N3O2S/c26-20(21-11-15-6-8-18-19(10-15)25-13-24-18)23-22-12-14-5-7-16-3-1-2-4-17(16)9-14/h1-10,12H,11,13H2,(H2,21,23,26)/b22-12-. The molecule has 1 aliphatic heterocycles. The molecule has 0 bridgehead atoms. The largest absolute Gasteiger partial charge is 0.454 e. The summed E-state index contributed by atoms with van der Waals surface area (Å²) in [6.07, 6.45) is 1.75. The van der Waals surface area contributed by atoms with Crippen LogP contribution in [-0.2, 0) is 6.54 Å². The zero-order chi connectivity index (χ0) is 17.8. The van der Waals surface area contributed by atoms with Gasteiger partial charge in [0, 0.05) is 6.54 Å². The number of benzene rings is 3. The first-order valence-electron chi connectivity index (χ1n) is 8.22. The molecule has 3 aromatic carbocycles. The van der Waals surface area contributed by atoms with Crippen LogP contribution in [0.4, 0.5) is 0 Å². The van der Waals surface area contributed by atoms with Crippen LogP contribution in [-0.4, -0.2) is 18.1 Å². The minimum atomic E-state index is 0.273. The van der Waals surface area contributed by atoms with Crippen molar-refractivity contribution < 1.29 is 9.47 Å². The molecular weight excluding hydrogens is 346 g/mol. The van der Waals surface area contributed by atoms with Crippen LogP contribution < -0.4 is 20.2 Å². The molecule has 0 radical (unpaired) electrons. The van der Waals surface area contributed by atoms with Gasteiger partial charge >= 0.3 is 0 Å². The van der Waals surface area contributed by atoms with Crippen molar-refractivity contribution in [2.75, 3.05) is 6.79 Å². The molecule has 0 saturated carbocycles. The maximum absolute atomic E-state index is 5.37. The molecule has 0 spiro atoms. The molecule has 130 valence electrons. The number of hydrogen-bond acceptors (Lipinski definition) is 4. The number of rotatable bonds is 4. The van der Waals surface area contributed by atoms with E-state index in [9.17, 15) is 0 Å². The Hall–Kier alpha value is -3.12. The van der Waals surface area contributed by atoms with Gasteiger partial charge in [-0.2, -0.15) is 5.10 Å². The van der Waals surface area contributed by atoms with Crippen LogP contribution in [0.15, 0.2) is 65.8 Å². The van der Waals surface area contributed by atoms with Crippen LogP contribution in [0, 0.1) is 0 Å². The quantitative estimate of drug-likeness (QED) is 0.422. The first-order chi connectivity index (χ1) is 12.8. The molecule has 1 heterocycles. The second kappa shape index (κ2) is 7.41. The molecular formula is C20H17N3O2S. The highest BCUT2D eigenvalue weighted by Crippen LogP contribution is 2.32. The van der Waals surface area contributed by atoms with Gasteiger partial charge in [0.1, 0.15) is 0 Å². The second-order valence-corrected chi connectivity index (χ2v) is 6.26. The van der Waals surface area contributed by atoms with Gasteiger partial charge in [-0.1, -0.05) is 42.5 Å². The minimum Gasteiger partial charge on any atom is -0.454 e. The van der Waals surface area contributed by atoms with Gasteiger partial charge in [0.2, 0.25) is 6.79 Å². The third kappa shape index (κ3) is 3.75. The number of fused-ring (bicyclic) bond motifs is 2. The highest BCUT2D eigenvalue weighted by atomic mass is 32.1. The van der Waals surface area contributed by atoms with E-state index in [0.717, 1.165) is 22.6 Å². The molecule has 3 aromatic rings. The van der Waals surface area contributed by atoms with Crippen LogP contribution in [0.3, 0.4) is 0 Å². The SMILES string of the molecule is S=C(NCc1ccc2c(c1)OCO2)N/N=C\c1ccc2ccccc2c1. The number of hydrazone groups is 1. The fourth-order valence-corrected chi connectivity index (χ4v) is 2.85. The molecule has 0 amide bonds. The monoisotopic (exact) mass is 363 g/mol. The van der Waals surface area contributed by atoms with Crippen molar-refractivity contribution in [3.05, 3.63) is 71.8 Å². The lowest BCUT2D eigenvalue weighted by molar-refractivity contribution is 0.174. The summed E-state index contributed by atoms with van der Waals surface area (Å²) >= 11 is 5.25. The summed E-state index contributed by atoms with van der Waals surface area (Å²) in [7, 11) is 0. The average Bonchev–Trinajstić information content (AvgIpc) is 3.14. The lowest BCUT2D eigenvalue weighted by atomic mass is 10.1. The van der Waals surface area contributed by atoms with Gasteiger partial charge in [-0.15, -0.1) is 0 Å². The molecule has 26 heavy (non-hydrogen) atoms. The predicted octanol–water partition coefficient (Wildman–Crippen LogP) is 3.57. The average molecular weight is 363 g/mol. The predicted molar refractivity (Wildman–Crippen MR) is 107 cm³/mol. The van der Waals surface area contributed by atoms with E-state index in [1.54, 1.807) is 6.21 Å². The Bertz CT molecular complexity index is 988. The lowest BCUT2D eigenvalue weighted by Gasteiger charge is -2.07. The molecule has 2 N–H and O–H groups in total. The number of nitrogens with one attached hydrogen (secondary N) is 2. The molecule has 0 saturated heterocycles. The first-order valence-corrected chi connectivity index (χ1v) is 8.63. The molecule has 0 aliphatic carbocycles. The van der Waals surface area contributed by atoms with Crippen LogP contribution in [0.1, 0.15) is 11.1 Å². The lowest BCUT2D eigenvalue weighted by Crippen LogP contribution is -2.31. The van der Waals surface area contributed by atoms with Gasteiger partial charge in [-0.3, -0.25) is 5.43 Å². The number of thiocarbonyl (C=S) groups is 1. The molecule has 0 atom stereocenters. The molecule has 0 unspecified atom stereocenters. The van der Waals surface area contributed by atoms with Crippen molar-refractivity contribution in [2.45, 2.75) is 6.54 Å². The van der Waals surface area contributed by atoms with Crippen LogP contribution in [0.2, 0.25) is 0 Å². The Labute approximate surface area is 156 Å². The molecule has 4 rings (SSSR count). The highest BCUT2D eigenvalue weighted by Gasteiger charge is 2.12. The Morgan fingerprint density at radius 1 is 1.00 bits per heavy atom. The van der Waals surface area contributed by atoms with E-state index in [2.05, 4.69) is 40.1 Å². The Morgan fingerprint density at radius 2 is 1.85 bits per heavy atom. The topological polar surface area (TPSA) is 54.9 Å². The van der Waals surface area contributed by atoms with E-state index in [1.807, 2.05) is 36.4 Å². The Morgan fingerprint density at radius 3 is 2.77 bits per heavy atom. The van der Waals surface area contributed by atoms with Crippen molar-refractivity contribution in [3.63, 3.8) is 0 Å². The number of ether oxygens (including phenoxy) is 2. The summed E-state index contributed by atoms with van der Waals surface area (Å²) in [6, 6.07) is 20.2. The van der Waals surface area contributed by atoms with Crippen molar-refractivity contribution in [1.29, 1.82) is 0 Å². The smallest absolute Gasteiger partial charge is 0.231 e. The second-order valence-electron chi connectivity index (χ2n) is 5.85. The Balaban J connectivity index is 1.31. The Kier molecular flexibility index (Phi) is 4.66. The van der Waals surface area contributed by atoms with Crippen molar-refractivity contribution in [3.8, 4) is 11.5 Å². The maximum Gasteiger partial charge on any atom is 0.231 e. The van der Waals surface area contributed by atoms with E-state index in [1.165, 1.54) is 10.8 Å². The summed E-state index contributed by atoms with van der Waals surface area (Å²) in [4.78, 5) is 0. The maximum atomic E-state index is 5.37. The molecule has 6 heteroatoms. The van der Waals surface area contributed by atoms with Crippen molar-refractivity contribution in [2.24, 2.45) is 5.10 Å². The van der Waals surface area contributed by atoms with E-state index < -0.39 is 0 Å². The third-order valence-corrected chi connectivity index (χ3v) is 4.28. The van der Waals surface area contributed by atoms with Gasteiger partial charge < -0.3 is 14.8 Å². The zero-order valence-corrected chi connectivity index (χ0v) is 14.8. The molecule has 0 fully saturated rings. The van der Waals surface area contributed by atoms with Gasteiger partial charge in [0.15, 0.2) is 16.6 Å². The summed E-state index contributed by atoms with van der Waals surface area (Å²) in [5.74, 6) is 1.53. The third-order valence-electron chi connectivity index (χ3n) is 4.04. The molecule has 0 aromatic heterocycles. The summed E-state index contributed by atoms with van der Waals surface area (Å²) in [5.41, 5.74) is 4.90. The van der Waals surface area contributed by atoms with E-state index in [-0.39, 0.29) is 6.79 Å². The zero-order valence-electron chi connectivity index (χ0n) is 13.9. The molecule has 1 aliphatic rings. The molecule has 5 nitrogen and oxygen atoms in total. The van der Waals surface area contributed by atoms with Gasteiger partial charge in [0.05, 0.1) is 6.21 Å². The van der Waals surface area contributed by atoms with Gasteiger partial charge in [0.25, 0.3) is 0 Å². The van der Waals surface area contributed by atoms with E-state index in [0.29, 0.717) is 11.7 Å². The van der Waals surface area contributed by atoms with Crippen molar-refractivity contribution >= 4 is 34.3 Å². The summed E-state index contributed by atoms with van der Waals surface area (Å²) < 4.78 is 10.7.